The fourth-order valence-electron chi connectivity index (χ4n) is 0.772. The molecule has 1 N–H and O–H groups in total. The van der Waals surface area contributed by atoms with E-state index in [1.165, 1.54) is 0 Å². The first-order valence-electron chi connectivity index (χ1n) is 4.48. The molecule has 76 valence electrons. The number of nitrogens with zero attached hydrogens (tertiary/aromatic N) is 1. The highest BCUT2D eigenvalue weighted by Crippen LogP contribution is 2.19. The van der Waals surface area contributed by atoms with Crippen LogP contribution >= 0.6 is 0 Å². The van der Waals surface area contributed by atoms with Crippen LogP contribution in [0.1, 0.15) is 32.1 Å². The Labute approximate surface area is 78.5 Å². The molecule has 0 aromatic carbocycles. The number of rotatable bonds is 3. The third-order valence-corrected chi connectivity index (χ3v) is 1.40. The van der Waals surface area contributed by atoms with Crippen molar-refractivity contribution < 1.29 is 14.4 Å². The summed E-state index contributed by atoms with van der Waals surface area (Å²) < 4.78 is 9.88. The minimum atomic E-state index is -0.133. The monoisotopic (exact) mass is 187 g/mol. The third-order valence-electron chi connectivity index (χ3n) is 1.40. The van der Waals surface area contributed by atoms with Gasteiger partial charge in [-0.1, -0.05) is 13.8 Å². The molecule has 0 saturated heterocycles. The van der Waals surface area contributed by atoms with Crippen molar-refractivity contribution in [3.63, 3.8) is 0 Å². The second-order valence-electron chi connectivity index (χ2n) is 2.13. The summed E-state index contributed by atoms with van der Waals surface area (Å²) in [4.78, 5) is 0. The van der Waals surface area contributed by atoms with Crippen LogP contribution in [0.5, 0.6) is 5.88 Å². The lowest BCUT2D eigenvalue weighted by atomic mass is 10.3. The molecule has 0 radical (unpaired) electrons. The highest BCUT2D eigenvalue weighted by atomic mass is 16.5. The van der Waals surface area contributed by atoms with E-state index in [4.69, 9.17) is 14.4 Å². The van der Waals surface area contributed by atoms with Crippen LogP contribution < -0.4 is 4.74 Å². The predicted octanol–water partition coefficient (Wildman–Crippen LogP) is 1.90. The summed E-state index contributed by atoms with van der Waals surface area (Å²) in [7, 11) is 0. The number of ether oxygens (including phenoxy) is 1. The summed E-state index contributed by atoms with van der Waals surface area (Å²) in [5.74, 6) is 0.935. The molecule has 0 atom stereocenters. The zero-order chi connectivity index (χ0) is 10.3. The molecule has 0 saturated carbocycles. The summed E-state index contributed by atoms with van der Waals surface area (Å²) >= 11 is 0. The smallest absolute Gasteiger partial charge is 0.257 e. The van der Waals surface area contributed by atoms with Crippen molar-refractivity contribution in [3.8, 4) is 5.88 Å². The highest BCUT2D eigenvalue weighted by Gasteiger charge is 2.10. The molecule has 1 aromatic heterocycles. The standard InChI is InChI=1S/C7H11NO3.C2H6/c1-3-10-7-5(2)6(4-9)11-8-7;1-2/h9H,3-4H2,1-2H3;1-2H3. The van der Waals surface area contributed by atoms with E-state index in [0.29, 0.717) is 18.2 Å². The molecule has 0 amide bonds. The maximum Gasteiger partial charge on any atom is 0.257 e. The van der Waals surface area contributed by atoms with Gasteiger partial charge in [-0.2, -0.15) is 0 Å². The molecule has 4 heteroatoms. The SMILES string of the molecule is CC.CCOc1noc(CO)c1C. The maximum atomic E-state index is 8.71. The van der Waals surface area contributed by atoms with Gasteiger partial charge in [0.05, 0.1) is 12.2 Å². The van der Waals surface area contributed by atoms with Crippen molar-refractivity contribution in [2.75, 3.05) is 6.61 Å². The van der Waals surface area contributed by atoms with Gasteiger partial charge in [0.25, 0.3) is 5.88 Å². The van der Waals surface area contributed by atoms with E-state index in [2.05, 4.69) is 5.16 Å². The van der Waals surface area contributed by atoms with E-state index in [-0.39, 0.29) is 6.61 Å². The van der Waals surface area contributed by atoms with Crippen LogP contribution in [0, 0.1) is 6.92 Å². The molecule has 0 spiro atoms. The fourth-order valence-corrected chi connectivity index (χ4v) is 0.772. The first-order valence-corrected chi connectivity index (χ1v) is 4.48. The van der Waals surface area contributed by atoms with Gasteiger partial charge in [0.2, 0.25) is 0 Å². The van der Waals surface area contributed by atoms with Gasteiger partial charge in [-0.05, 0) is 19.0 Å². The maximum absolute atomic E-state index is 8.71. The van der Waals surface area contributed by atoms with E-state index in [1.807, 2.05) is 20.8 Å². The Bertz CT molecular complexity index is 233. The first-order chi connectivity index (χ1) is 6.29. The topological polar surface area (TPSA) is 55.5 Å². The summed E-state index contributed by atoms with van der Waals surface area (Å²) in [6.45, 7) is 8.09. The Morgan fingerprint density at radius 1 is 1.46 bits per heavy atom. The van der Waals surface area contributed by atoms with Crippen LogP contribution in [0.4, 0.5) is 0 Å². The molecule has 0 aliphatic heterocycles. The Balaban J connectivity index is 0.000000671. The number of hydrogen-bond donors (Lipinski definition) is 1. The lowest BCUT2D eigenvalue weighted by Crippen LogP contribution is -1.93. The number of hydrogen-bond acceptors (Lipinski definition) is 4. The summed E-state index contributed by atoms with van der Waals surface area (Å²) in [5.41, 5.74) is 0.773. The molecule has 0 bridgehead atoms. The quantitative estimate of drug-likeness (QED) is 0.785. The van der Waals surface area contributed by atoms with Crippen LogP contribution in [-0.2, 0) is 6.61 Å². The van der Waals surface area contributed by atoms with Crippen LogP contribution in [0.3, 0.4) is 0 Å². The summed E-state index contributed by atoms with van der Waals surface area (Å²) in [5, 5.41) is 12.3. The van der Waals surface area contributed by atoms with Crippen molar-refractivity contribution >= 4 is 0 Å². The Morgan fingerprint density at radius 3 is 2.46 bits per heavy atom. The van der Waals surface area contributed by atoms with Crippen molar-refractivity contribution in [2.24, 2.45) is 0 Å². The van der Waals surface area contributed by atoms with Gasteiger partial charge in [-0.25, -0.2) is 0 Å². The average molecular weight is 187 g/mol. The minimum Gasteiger partial charge on any atom is -0.476 e. The molecule has 1 heterocycles. The first kappa shape index (κ1) is 12.0. The Hall–Kier alpha value is -1.03. The van der Waals surface area contributed by atoms with Gasteiger partial charge < -0.3 is 14.4 Å². The van der Waals surface area contributed by atoms with Gasteiger partial charge in [-0.3, -0.25) is 0 Å². The van der Waals surface area contributed by atoms with Gasteiger partial charge in [0, 0.05) is 0 Å². The molecular weight excluding hydrogens is 170 g/mol. The molecule has 4 nitrogen and oxygen atoms in total. The normalized spacial score (nSPS) is 9.00. The van der Waals surface area contributed by atoms with Crippen LogP contribution in [0.25, 0.3) is 0 Å². The van der Waals surface area contributed by atoms with E-state index in [0.717, 1.165) is 5.56 Å². The van der Waals surface area contributed by atoms with E-state index < -0.39 is 0 Å². The Morgan fingerprint density at radius 2 is 2.08 bits per heavy atom. The average Bonchev–Trinajstić information content (AvgIpc) is 2.52. The van der Waals surface area contributed by atoms with Gasteiger partial charge in [0.1, 0.15) is 6.61 Å². The zero-order valence-electron chi connectivity index (χ0n) is 8.63. The molecular formula is C9H17NO3. The van der Waals surface area contributed by atoms with Crippen LogP contribution in [-0.4, -0.2) is 16.9 Å². The Kier molecular flexibility index (Phi) is 5.97. The second kappa shape index (κ2) is 6.48. The molecule has 0 aliphatic carbocycles. The number of aliphatic hydroxyl groups excluding tert-OH is 1. The molecule has 0 fully saturated rings. The molecule has 1 rings (SSSR count). The van der Waals surface area contributed by atoms with Gasteiger partial charge in [-0.15, -0.1) is 0 Å². The molecule has 0 aliphatic rings. The van der Waals surface area contributed by atoms with Gasteiger partial charge >= 0.3 is 0 Å². The lowest BCUT2D eigenvalue weighted by Gasteiger charge is -1.95. The van der Waals surface area contributed by atoms with E-state index >= 15 is 0 Å². The largest absolute Gasteiger partial charge is 0.476 e. The predicted molar refractivity (Wildman–Crippen MR) is 49.7 cm³/mol. The van der Waals surface area contributed by atoms with Gasteiger partial charge in [0.15, 0.2) is 5.76 Å². The van der Waals surface area contributed by atoms with Crippen molar-refractivity contribution in [3.05, 3.63) is 11.3 Å². The summed E-state index contributed by atoms with van der Waals surface area (Å²) in [6, 6.07) is 0. The minimum absolute atomic E-state index is 0.133. The molecule has 13 heavy (non-hydrogen) atoms. The summed E-state index contributed by atoms with van der Waals surface area (Å²) in [6.07, 6.45) is 0. The van der Waals surface area contributed by atoms with Crippen molar-refractivity contribution in [1.29, 1.82) is 0 Å². The molecule has 1 aromatic rings. The van der Waals surface area contributed by atoms with E-state index in [1.54, 1.807) is 6.92 Å². The van der Waals surface area contributed by atoms with Crippen LogP contribution in [0.15, 0.2) is 4.52 Å². The fraction of sp³-hybridized carbons (Fsp3) is 0.667. The van der Waals surface area contributed by atoms with Crippen molar-refractivity contribution in [2.45, 2.75) is 34.3 Å². The zero-order valence-corrected chi connectivity index (χ0v) is 8.63. The third kappa shape index (κ3) is 3.06. The van der Waals surface area contributed by atoms with Crippen LogP contribution in [0.2, 0.25) is 0 Å². The van der Waals surface area contributed by atoms with E-state index in [9.17, 15) is 0 Å². The second-order valence-corrected chi connectivity index (χ2v) is 2.13. The number of aromatic nitrogens is 1. The molecule has 0 unspecified atom stereocenters. The number of aliphatic hydroxyl groups is 1. The van der Waals surface area contributed by atoms with Crippen molar-refractivity contribution in [1.82, 2.24) is 5.16 Å². The lowest BCUT2D eigenvalue weighted by molar-refractivity contribution is 0.223. The highest BCUT2D eigenvalue weighted by molar-refractivity contribution is 5.25.